The molecule has 184 valence electrons. The highest BCUT2D eigenvalue weighted by Gasteiger charge is 2.49. The van der Waals surface area contributed by atoms with Gasteiger partial charge < -0.3 is 10.5 Å². The minimum Gasteiger partial charge on any atom is -0.376 e. The number of benzene rings is 3. The van der Waals surface area contributed by atoms with E-state index in [1.54, 1.807) is 49.5 Å². The Bertz CT molecular complexity index is 1480. The predicted molar refractivity (Wildman–Crippen MR) is 134 cm³/mol. The van der Waals surface area contributed by atoms with Gasteiger partial charge in [-0.3, -0.25) is 14.2 Å². The predicted octanol–water partition coefficient (Wildman–Crippen LogP) is 2.66. The summed E-state index contributed by atoms with van der Waals surface area (Å²) in [6.45, 7) is -0.0127. The Morgan fingerprint density at radius 2 is 1.72 bits per heavy atom. The first-order valence-electron chi connectivity index (χ1n) is 11.0. The van der Waals surface area contributed by atoms with E-state index in [2.05, 4.69) is 11.1 Å². The molecule has 3 N–H and O–H groups in total. The first-order valence-corrected chi connectivity index (χ1v) is 12.6. The Kier molecular flexibility index (Phi) is 6.90. The molecule has 0 bridgehead atoms. The number of hydrogen-bond acceptors (Lipinski definition) is 7. The molecule has 1 amide bonds. The molecule has 3 aromatic carbocycles. The quantitative estimate of drug-likeness (QED) is 0.354. The smallest absolute Gasteiger partial charge is 0.267 e. The Balaban J connectivity index is 1.70. The summed E-state index contributed by atoms with van der Waals surface area (Å²) in [4.78, 5) is 19.5. The van der Waals surface area contributed by atoms with Gasteiger partial charge in [-0.25, -0.2) is 4.99 Å². The molecule has 36 heavy (non-hydrogen) atoms. The molecule has 0 radical (unpaired) electrons. The number of amides is 1. The molecule has 0 spiro atoms. The van der Waals surface area contributed by atoms with Crippen molar-refractivity contribution < 1.29 is 22.5 Å². The fraction of sp³-hybridized carbons (Fsp3) is 0.192. The third-order valence-corrected chi connectivity index (χ3v) is 6.65. The average molecular weight is 505 g/mol. The number of guanidine groups is 1. The second-order valence-electron chi connectivity index (χ2n) is 8.35. The van der Waals surface area contributed by atoms with Crippen molar-refractivity contribution in [3.05, 3.63) is 95.1 Å². The summed E-state index contributed by atoms with van der Waals surface area (Å²) in [5, 5.41) is 9.27. The number of nitriles is 1. The maximum Gasteiger partial charge on any atom is 0.267 e. The zero-order valence-corrected chi connectivity index (χ0v) is 20.3. The fourth-order valence-electron chi connectivity index (χ4n) is 4.07. The number of likely N-dealkylation sites (N-methyl/N-ethyl adjacent to an activating group) is 1. The van der Waals surface area contributed by atoms with Gasteiger partial charge in [-0.2, -0.15) is 13.7 Å². The van der Waals surface area contributed by atoms with E-state index in [1.807, 2.05) is 30.3 Å². The zero-order chi connectivity index (χ0) is 25.9. The van der Waals surface area contributed by atoms with Crippen LogP contribution in [0, 0.1) is 11.3 Å². The lowest BCUT2D eigenvalue weighted by Gasteiger charge is -2.27. The molecule has 0 aliphatic carbocycles. The molecule has 0 fully saturated rings. The number of rotatable bonds is 8. The van der Waals surface area contributed by atoms with E-state index in [0.29, 0.717) is 16.7 Å². The summed E-state index contributed by atoms with van der Waals surface area (Å²) >= 11 is 0. The van der Waals surface area contributed by atoms with E-state index in [1.165, 1.54) is 4.90 Å². The van der Waals surface area contributed by atoms with Gasteiger partial charge in [0.2, 0.25) is 0 Å². The van der Waals surface area contributed by atoms with Crippen LogP contribution in [0.5, 0.6) is 0 Å². The molecule has 1 unspecified atom stereocenters. The van der Waals surface area contributed by atoms with Crippen LogP contribution in [0.2, 0.25) is 0 Å². The van der Waals surface area contributed by atoms with E-state index in [-0.39, 0.29) is 25.1 Å². The summed E-state index contributed by atoms with van der Waals surface area (Å²) in [7, 11) is -2.52. The molecule has 1 aliphatic rings. The van der Waals surface area contributed by atoms with Crippen molar-refractivity contribution in [1.29, 1.82) is 5.26 Å². The fourth-order valence-corrected chi connectivity index (χ4v) is 4.40. The lowest BCUT2D eigenvalue weighted by atomic mass is 9.81. The highest BCUT2D eigenvalue weighted by molar-refractivity contribution is 7.85. The van der Waals surface area contributed by atoms with E-state index in [4.69, 9.17) is 15.0 Å². The number of aliphatic imine (C=N–C) groups is 1. The second kappa shape index (κ2) is 9.91. The van der Waals surface area contributed by atoms with Gasteiger partial charge in [-0.1, -0.05) is 54.6 Å². The molecule has 4 rings (SSSR count). The number of carbonyl (C=O) groups is 1. The molecule has 3 aromatic rings. The monoisotopic (exact) mass is 504 g/mol. The molecule has 0 aromatic heterocycles. The molecule has 1 atom stereocenters. The maximum atomic E-state index is 13.6. The Morgan fingerprint density at radius 3 is 2.33 bits per heavy atom. The van der Waals surface area contributed by atoms with Gasteiger partial charge in [-0.05, 0) is 46.0 Å². The van der Waals surface area contributed by atoms with Crippen molar-refractivity contribution in [3.63, 3.8) is 0 Å². The molecule has 0 saturated heterocycles. The largest absolute Gasteiger partial charge is 0.376 e. The normalized spacial score (nSPS) is 17.6. The second-order valence-corrected chi connectivity index (χ2v) is 9.93. The van der Waals surface area contributed by atoms with Crippen LogP contribution < -0.4 is 5.73 Å². The summed E-state index contributed by atoms with van der Waals surface area (Å²) in [6.07, 6.45) is 0. The van der Waals surface area contributed by atoms with Crippen LogP contribution in [-0.4, -0.2) is 49.1 Å². The van der Waals surface area contributed by atoms with Gasteiger partial charge in [0.1, 0.15) is 0 Å². The van der Waals surface area contributed by atoms with E-state index < -0.39 is 21.4 Å². The Morgan fingerprint density at radius 1 is 1.06 bits per heavy atom. The lowest BCUT2D eigenvalue weighted by molar-refractivity contribution is -0.129. The van der Waals surface area contributed by atoms with Crippen molar-refractivity contribution in [2.75, 3.05) is 19.4 Å². The number of carbonyl (C=O) groups excluding carboxylic acids is 1. The Hall–Kier alpha value is -4.04. The van der Waals surface area contributed by atoms with Crippen LogP contribution in [0.25, 0.3) is 11.1 Å². The van der Waals surface area contributed by atoms with Crippen molar-refractivity contribution in [3.8, 4) is 17.2 Å². The Labute approximate surface area is 209 Å². The lowest BCUT2D eigenvalue weighted by Crippen LogP contribution is -2.41. The third kappa shape index (κ3) is 4.99. The van der Waals surface area contributed by atoms with E-state index in [9.17, 15) is 18.5 Å². The van der Waals surface area contributed by atoms with E-state index >= 15 is 0 Å². The molecule has 10 heteroatoms. The topological polar surface area (TPSA) is 146 Å². The van der Waals surface area contributed by atoms with Gasteiger partial charge in [0.25, 0.3) is 16.0 Å². The molecular formula is C26H24N4O5S. The average Bonchev–Trinajstić information content (AvgIpc) is 3.11. The van der Waals surface area contributed by atoms with Crippen LogP contribution in [-0.2, 0) is 31.8 Å². The van der Waals surface area contributed by atoms with Crippen molar-refractivity contribution in [2.24, 2.45) is 10.7 Å². The van der Waals surface area contributed by atoms with Crippen LogP contribution in [0.15, 0.2) is 77.8 Å². The first kappa shape index (κ1) is 25.1. The van der Waals surface area contributed by atoms with E-state index in [0.717, 1.165) is 16.7 Å². The highest BCUT2D eigenvalue weighted by atomic mass is 32.2. The number of hydrogen-bond donors (Lipinski definition) is 2. The van der Waals surface area contributed by atoms with Crippen LogP contribution in [0.1, 0.15) is 22.3 Å². The first-order chi connectivity index (χ1) is 17.1. The molecular weight excluding hydrogens is 480 g/mol. The summed E-state index contributed by atoms with van der Waals surface area (Å²) in [6, 6.07) is 23.8. The van der Waals surface area contributed by atoms with Gasteiger partial charge in [0.15, 0.2) is 11.5 Å². The van der Waals surface area contributed by atoms with Gasteiger partial charge >= 0.3 is 0 Å². The van der Waals surface area contributed by atoms with Crippen LogP contribution >= 0.6 is 0 Å². The molecule has 0 saturated carbocycles. The number of nitrogens with two attached hydrogens (primary N) is 1. The summed E-state index contributed by atoms with van der Waals surface area (Å²) in [5.74, 6) is -0.703. The van der Waals surface area contributed by atoms with Gasteiger partial charge in [0.05, 0.1) is 30.6 Å². The van der Waals surface area contributed by atoms with Gasteiger partial charge in [0, 0.05) is 7.05 Å². The van der Waals surface area contributed by atoms with Crippen LogP contribution in [0.3, 0.4) is 0 Å². The zero-order valence-electron chi connectivity index (χ0n) is 19.5. The van der Waals surface area contributed by atoms with Crippen molar-refractivity contribution in [1.82, 2.24) is 4.90 Å². The summed E-state index contributed by atoms with van der Waals surface area (Å²) in [5.41, 5.74) is 8.84. The van der Waals surface area contributed by atoms with Gasteiger partial charge in [-0.15, -0.1) is 0 Å². The number of ether oxygens (including phenoxy) is 1. The number of nitrogens with zero attached hydrogens (tertiary/aromatic N) is 3. The van der Waals surface area contributed by atoms with Crippen molar-refractivity contribution in [2.45, 2.75) is 12.1 Å². The van der Waals surface area contributed by atoms with Crippen molar-refractivity contribution >= 4 is 22.0 Å². The molecule has 1 aliphatic heterocycles. The van der Waals surface area contributed by atoms with Crippen LogP contribution in [0.4, 0.5) is 0 Å². The summed E-state index contributed by atoms with van der Waals surface area (Å²) < 4.78 is 35.8. The maximum absolute atomic E-state index is 13.6. The standard InChI is InChI=1S/C26H24N4O5S/c1-30-24(31)26(29-25(30)28,22-10-8-18(9-11-22)17-35-12-13-36(32,33)34)23-7-3-6-21(15-23)20-5-2-4-19(14-20)16-27/h2-11,14-15H,12-13,17H2,1H3,(H2,28,29)(H,32,33,34). The molecule has 9 nitrogen and oxygen atoms in total. The highest BCUT2D eigenvalue weighted by Crippen LogP contribution is 2.40. The third-order valence-electron chi connectivity index (χ3n) is 5.97. The SMILES string of the molecule is CN1C(=O)C(c2ccc(COCCS(=O)(=O)O)cc2)(c2cccc(-c3cccc(C#N)c3)c2)N=C1N. The minimum absolute atomic E-state index is 0.0921. The molecule has 1 heterocycles. The minimum atomic E-state index is -4.09.